The fourth-order valence-electron chi connectivity index (χ4n) is 2.89. The van der Waals surface area contributed by atoms with Crippen molar-refractivity contribution < 1.29 is 4.79 Å². The molecule has 0 spiro atoms. The molecule has 3 unspecified atom stereocenters. The number of amides is 1. The molecule has 0 aromatic carbocycles. The van der Waals surface area contributed by atoms with Gasteiger partial charge in [0.15, 0.2) is 0 Å². The number of hydrogen-bond donors (Lipinski definition) is 1. The van der Waals surface area contributed by atoms with Crippen LogP contribution in [0.25, 0.3) is 0 Å². The van der Waals surface area contributed by atoms with Gasteiger partial charge in [0.25, 0.3) is 0 Å². The fourth-order valence-corrected chi connectivity index (χ4v) is 2.89. The van der Waals surface area contributed by atoms with E-state index in [2.05, 4.69) is 51.8 Å². The number of nitrogens with zero attached hydrogens (tertiary/aromatic N) is 1. The number of carbonyl (C=O) groups excluding carboxylic acids is 1. The normalized spacial score (nSPS) is 36.1. The summed E-state index contributed by atoms with van der Waals surface area (Å²) < 4.78 is 0. The lowest BCUT2D eigenvalue weighted by Gasteiger charge is -2.28. The highest BCUT2D eigenvalue weighted by molar-refractivity contribution is 5.85. The lowest BCUT2D eigenvalue weighted by Crippen LogP contribution is -2.44. The molecule has 1 heterocycles. The average molecular weight is 238 g/mol. The largest absolute Gasteiger partial charge is 0.322 e. The van der Waals surface area contributed by atoms with Gasteiger partial charge in [-0.05, 0) is 23.7 Å². The van der Waals surface area contributed by atoms with Crippen molar-refractivity contribution in [2.75, 3.05) is 0 Å². The minimum atomic E-state index is 0.0128. The summed E-state index contributed by atoms with van der Waals surface area (Å²) in [6, 6.07) is 0.456. The Morgan fingerprint density at radius 3 is 2.12 bits per heavy atom. The molecule has 17 heavy (non-hydrogen) atoms. The zero-order valence-corrected chi connectivity index (χ0v) is 11.9. The molecule has 1 N–H and O–H groups in total. The van der Waals surface area contributed by atoms with Crippen molar-refractivity contribution in [3.8, 4) is 0 Å². The van der Waals surface area contributed by atoms with E-state index in [1.165, 1.54) is 0 Å². The summed E-state index contributed by atoms with van der Waals surface area (Å²) in [7, 11) is 0. The highest BCUT2D eigenvalue weighted by Crippen LogP contribution is 2.50. The minimum Gasteiger partial charge on any atom is -0.322 e. The molecular formula is C14H26N2O. The molecule has 0 aromatic heterocycles. The zero-order valence-electron chi connectivity index (χ0n) is 11.9. The Morgan fingerprint density at radius 2 is 1.76 bits per heavy atom. The highest BCUT2D eigenvalue weighted by atomic mass is 16.2. The van der Waals surface area contributed by atoms with Crippen LogP contribution >= 0.6 is 0 Å². The number of carbonyl (C=O) groups is 1. The van der Waals surface area contributed by atoms with Crippen molar-refractivity contribution in [3.05, 3.63) is 0 Å². The second-order valence-electron chi connectivity index (χ2n) is 7.03. The maximum atomic E-state index is 12.5. The van der Waals surface area contributed by atoms with Crippen LogP contribution in [-0.2, 0) is 4.79 Å². The Hall–Kier alpha value is -0.570. The molecule has 2 rings (SSSR count). The summed E-state index contributed by atoms with van der Waals surface area (Å²) in [4.78, 5) is 14.6. The maximum absolute atomic E-state index is 12.5. The first kappa shape index (κ1) is 12.9. The molecule has 2 aliphatic rings. The minimum absolute atomic E-state index is 0.0128. The zero-order chi connectivity index (χ0) is 13.0. The predicted octanol–water partition coefficient (Wildman–Crippen LogP) is 2.22. The molecule has 1 amide bonds. The number of nitrogens with one attached hydrogen (secondary N) is 1. The Morgan fingerprint density at radius 1 is 1.24 bits per heavy atom. The van der Waals surface area contributed by atoms with Crippen LogP contribution in [0.1, 0.15) is 48.0 Å². The monoisotopic (exact) mass is 238 g/mol. The molecule has 1 saturated carbocycles. The summed E-state index contributed by atoms with van der Waals surface area (Å²) in [6.07, 6.45) is 1.37. The summed E-state index contributed by atoms with van der Waals surface area (Å²) in [5, 5.41) is 3.53. The van der Waals surface area contributed by atoms with Gasteiger partial charge in [0.05, 0.1) is 12.2 Å². The topological polar surface area (TPSA) is 32.3 Å². The van der Waals surface area contributed by atoms with E-state index in [1.807, 2.05) is 0 Å². The summed E-state index contributed by atoms with van der Waals surface area (Å²) in [6.45, 7) is 13.1. The van der Waals surface area contributed by atoms with E-state index in [4.69, 9.17) is 0 Å². The molecular weight excluding hydrogens is 212 g/mol. The van der Waals surface area contributed by atoms with E-state index in [0.29, 0.717) is 29.2 Å². The van der Waals surface area contributed by atoms with Gasteiger partial charge in [0, 0.05) is 6.04 Å². The van der Waals surface area contributed by atoms with E-state index < -0.39 is 0 Å². The molecule has 98 valence electrons. The Kier molecular flexibility index (Phi) is 3.01. The Bertz CT molecular complexity index is 322. The van der Waals surface area contributed by atoms with E-state index in [0.717, 1.165) is 6.42 Å². The van der Waals surface area contributed by atoms with Gasteiger partial charge >= 0.3 is 0 Å². The van der Waals surface area contributed by atoms with Crippen LogP contribution in [-0.4, -0.2) is 29.1 Å². The summed E-state index contributed by atoms with van der Waals surface area (Å²) >= 11 is 0. The van der Waals surface area contributed by atoms with Crippen molar-refractivity contribution in [2.24, 2.45) is 17.3 Å². The quantitative estimate of drug-likeness (QED) is 0.817. The third-order valence-corrected chi connectivity index (χ3v) is 4.27. The molecule has 1 aliphatic heterocycles. The number of rotatable bonds is 3. The van der Waals surface area contributed by atoms with Gasteiger partial charge in [-0.3, -0.25) is 10.1 Å². The first-order valence-electron chi connectivity index (χ1n) is 6.84. The first-order chi connectivity index (χ1) is 7.75. The van der Waals surface area contributed by atoms with Gasteiger partial charge in [-0.15, -0.1) is 0 Å². The molecule has 0 bridgehead atoms. The van der Waals surface area contributed by atoms with Crippen LogP contribution in [0.15, 0.2) is 0 Å². The molecule has 3 atom stereocenters. The van der Waals surface area contributed by atoms with Gasteiger partial charge in [-0.2, -0.15) is 0 Å². The van der Waals surface area contributed by atoms with Crippen LogP contribution in [0.3, 0.4) is 0 Å². The van der Waals surface area contributed by atoms with Crippen molar-refractivity contribution in [3.63, 3.8) is 0 Å². The van der Waals surface area contributed by atoms with Gasteiger partial charge in [-0.25, -0.2) is 0 Å². The third kappa shape index (κ3) is 2.10. The SMILES string of the molecule is CC(C)C1NC(C(C)C)N(C2CC2(C)C)C1=O. The van der Waals surface area contributed by atoms with Crippen molar-refractivity contribution in [1.29, 1.82) is 0 Å². The lowest BCUT2D eigenvalue weighted by molar-refractivity contribution is -0.132. The summed E-state index contributed by atoms with van der Waals surface area (Å²) in [5.41, 5.74) is 0.316. The van der Waals surface area contributed by atoms with Crippen molar-refractivity contribution >= 4 is 5.91 Å². The number of hydrogen-bond acceptors (Lipinski definition) is 2. The molecule has 1 aliphatic carbocycles. The third-order valence-electron chi connectivity index (χ3n) is 4.27. The first-order valence-corrected chi connectivity index (χ1v) is 6.84. The van der Waals surface area contributed by atoms with Crippen molar-refractivity contribution in [2.45, 2.75) is 66.2 Å². The van der Waals surface area contributed by atoms with E-state index >= 15 is 0 Å². The maximum Gasteiger partial charge on any atom is 0.241 e. The second kappa shape index (κ2) is 3.98. The van der Waals surface area contributed by atoms with Crippen LogP contribution in [0, 0.1) is 17.3 Å². The van der Waals surface area contributed by atoms with Gasteiger partial charge in [0.2, 0.25) is 5.91 Å². The van der Waals surface area contributed by atoms with E-state index in [9.17, 15) is 4.79 Å². The van der Waals surface area contributed by atoms with Crippen LogP contribution in [0.4, 0.5) is 0 Å². The van der Waals surface area contributed by atoms with Crippen LogP contribution in [0.2, 0.25) is 0 Å². The lowest BCUT2D eigenvalue weighted by atomic mass is 10.0. The van der Waals surface area contributed by atoms with Crippen LogP contribution in [0.5, 0.6) is 0 Å². The highest BCUT2D eigenvalue weighted by Gasteiger charge is 2.56. The smallest absolute Gasteiger partial charge is 0.241 e. The standard InChI is InChI=1S/C14H26N2O/c1-8(2)11-13(17)16(10-7-14(10,5)6)12(15-11)9(3)4/h8-12,15H,7H2,1-6H3. The molecule has 2 fully saturated rings. The van der Waals surface area contributed by atoms with Crippen molar-refractivity contribution in [1.82, 2.24) is 10.2 Å². The van der Waals surface area contributed by atoms with Crippen LogP contribution < -0.4 is 5.32 Å². The van der Waals surface area contributed by atoms with E-state index in [-0.39, 0.29) is 12.2 Å². The Labute approximate surface area is 105 Å². The predicted molar refractivity (Wildman–Crippen MR) is 69.4 cm³/mol. The second-order valence-corrected chi connectivity index (χ2v) is 7.03. The average Bonchev–Trinajstić information content (AvgIpc) is 2.67. The van der Waals surface area contributed by atoms with E-state index in [1.54, 1.807) is 0 Å². The summed E-state index contributed by atoms with van der Waals surface area (Å²) in [5.74, 6) is 1.16. The molecule has 0 radical (unpaired) electrons. The van der Waals surface area contributed by atoms with Gasteiger partial charge < -0.3 is 4.90 Å². The fraction of sp³-hybridized carbons (Fsp3) is 0.929. The molecule has 3 nitrogen and oxygen atoms in total. The molecule has 3 heteroatoms. The Balaban J connectivity index is 2.19. The molecule has 0 aromatic rings. The van der Waals surface area contributed by atoms with Gasteiger partial charge in [0.1, 0.15) is 0 Å². The van der Waals surface area contributed by atoms with Gasteiger partial charge in [-0.1, -0.05) is 41.5 Å². The molecule has 1 saturated heterocycles.